The fourth-order valence-electron chi connectivity index (χ4n) is 1.77. The topological polar surface area (TPSA) is 18.5 Å². The Kier molecular flexibility index (Phi) is 5.71. The number of hydrogen-bond acceptors (Lipinski definition) is 2. The van der Waals surface area contributed by atoms with Gasteiger partial charge in [0.15, 0.2) is 0 Å². The minimum Gasteiger partial charge on any atom is -0.493 e. The van der Waals surface area contributed by atoms with Crippen molar-refractivity contribution in [3.63, 3.8) is 0 Å². The highest BCUT2D eigenvalue weighted by Gasteiger charge is 1.98. The monoisotopic (exact) mass is 268 g/mol. The van der Waals surface area contributed by atoms with Crippen LogP contribution >= 0.6 is 0 Å². The number of allylic oxidation sites excluding steroid dienone is 1. The summed E-state index contributed by atoms with van der Waals surface area (Å²) in [4.78, 5) is 0. The zero-order chi connectivity index (χ0) is 14.0. The lowest BCUT2D eigenvalue weighted by molar-refractivity contribution is 0.156. The molecule has 0 aromatic heterocycles. The first-order valence-corrected chi connectivity index (χ1v) is 6.89. The third kappa shape index (κ3) is 4.81. The number of hydrogen-bond donors (Lipinski definition) is 0. The average molecular weight is 268 g/mol. The van der Waals surface area contributed by atoms with Crippen LogP contribution in [0.5, 0.6) is 0 Å². The van der Waals surface area contributed by atoms with E-state index in [0.29, 0.717) is 13.2 Å². The molecule has 20 heavy (non-hydrogen) atoms. The Bertz CT molecular complexity index is 518. The van der Waals surface area contributed by atoms with Gasteiger partial charge in [-0.1, -0.05) is 67.6 Å². The van der Waals surface area contributed by atoms with Crippen molar-refractivity contribution in [3.8, 4) is 0 Å². The number of ether oxygens (including phenoxy) is 2. The third-order valence-corrected chi connectivity index (χ3v) is 2.92. The summed E-state index contributed by atoms with van der Waals surface area (Å²) in [7, 11) is 0. The van der Waals surface area contributed by atoms with Gasteiger partial charge in [0.25, 0.3) is 0 Å². The fourth-order valence-corrected chi connectivity index (χ4v) is 1.77. The van der Waals surface area contributed by atoms with Crippen LogP contribution in [0.2, 0.25) is 0 Å². The highest BCUT2D eigenvalue weighted by Crippen LogP contribution is 2.10. The van der Waals surface area contributed by atoms with E-state index in [1.807, 2.05) is 48.5 Å². The van der Waals surface area contributed by atoms with E-state index in [0.717, 1.165) is 23.3 Å². The largest absolute Gasteiger partial charge is 0.493 e. The highest BCUT2D eigenvalue weighted by atomic mass is 16.5. The molecule has 104 valence electrons. The Labute approximate surface area is 120 Å². The molecule has 0 aliphatic rings. The van der Waals surface area contributed by atoms with Crippen LogP contribution in [-0.4, -0.2) is 0 Å². The van der Waals surface area contributed by atoms with Gasteiger partial charge in [0, 0.05) is 6.42 Å². The van der Waals surface area contributed by atoms with Crippen molar-refractivity contribution in [1.29, 1.82) is 0 Å². The smallest absolute Gasteiger partial charge is 0.131 e. The Morgan fingerprint density at radius 3 is 1.95 bits per heavy atom. The second-order valence-corrected chi connectivity index (χ2v) is 4.51. The molecule has 0 N–H and O–H groups in total. The Balaban J connectivity index is 1.80. The van der Waals surface area contributed by atoms with Crippen molar-refractivity contribution >= 4 is 0 Å². The van der Waals surface area contributed by atoms with Crippen LogP contribution in [0.3, 0.4) is 0 Å². The lowest BCUT2D eigenvalue weighted by Crippen LogP contribution is -1.95. The van der Waals surface area contributed by atoms with E-state index >= 15 is 0 Å². The molecule has 0 saturated carbocycles. The molecule has 0 atom stereocenters. The molecular formula is C18H20O2. The Morgan fingerprint density at radius 2 is 1.40 bits per heavy atom. The molecule has 2 heteroatoms. The predicted molar refractivity (Wildman–Crippen MR) is 80.8 cm³/mol. The van der Waals surface area contributed by atoms with Crippen LogP contribution in [0, 0.1) is 0 Å². The molecule has 0 spiro atoms. The van der Waals surface area contributed by atoms with Crippen molar-refractivity contribution in [1.82, 2.24) is 0 Å². The zero-order valence-corrected chi connectivity index (χ0v) is 11.8. The maximum atomic E-state index is 5.75. The van der Waals surface area contributed by atoms with E-state index in [1.54, 1.807) is 6.26 Å². The summed E-state index contributed by atoms with van der Waals surface area (Å²) in [5.41, 5.74) is 2.32. The molecule has 0 heterocycles. The summed E-state index contributed by atoms with van der Waals surface area (Å²) in [6.07, 6.45) is 2.54. The van der Waals surface area contributed by atoms with Crippen LogP contribution < -0.4 is 0 Å². The Hall–Kier alpha value is -2.22. The van der Waals surface area contributed by atoms with Gasteiger partial charge in [-0.15, -0.1) is 0 Å². The van der Waals surface area contributed by atoms with Crippen LogP contribution in [-0.2, 0) is 22.7 Å². The summed E-state index contributed by atoms with van der Waals surface area (Å²) in [6.45, 7) is 3.21. The van der Waals surface area contributed by atoms with Gasteiger partial charge in [0.1, 0.15) is 25.2 Å². The van der Waals surface area contributed by atoms with Gasteiger partial charge in [-0.2, -0.15) is 0 Å². The second kappa shape index (κ2) is 8.05. The second-order valence-electron chi connectivity index (χ2n) is 4.51. The lowest BCUT2D eigenvalue weighted by atomic mass is 10.2. The summed E-state index contributed by atoms with van der Waals surface area (Å²) in [5.74, 6) is 0.866. The van der Waals surface area contributed by atoms with Crippen LogP contribution in [0.4, 0.5) is 0 Å². The highest BCUT2D eigenvalue weighted by molar-refractivity contribution is 5.14. The molecule has 0 bridgehead atoms. The van der Waals surface area contributed by atoms with Crippen molar-refractivity contribution in [2.24, 2.45) is 0 Å². The first-order chi connectivity index (χ1) is 9.88. The summed E-state index contributed by atoms with van der Waals surface area (Å²) in [6, 6.07) is 20.2. The molecular weight excluding hydrogens is 248 g/mol. The summed E-state index contributed by atoms with van der Waals surface area (Å²) in [5, 5.41) is 0. The van der Waals surface area contributed by atoms with Crippen LogP contribution in [0.1, 0.15) is 24.5 Å². The number of benzene rings is 2. The van der Waals surface area contributed by atoms with E-state index in [4.69, 9.17) is 9.47 Å². The standard InChI is InChI=1S/C18H20O2/c1-2-18(20-14-17-11-7-4-8-12-17)15-19-13-16-9-5-3-6-10-16/h3-12,15H,2,13-14H2,1H3/b18-15-. The first kappa shape index (κ1) is 14.2. The zero-order valence-electron chi connectivity index (χ0n) is 11.8. The van der Waals surface area contributed by atoms with Gasteiger partial charge < -0.3 is 9.47 Å². The maximum Gasteiger partial charge on any atom is 0.131 e. The van der Waals surface area contributed by atoms with Crippen LogP contribution in [0.15, 0.2) is 72.7 Å². The predicted octanol–water partition coefficient (Wildman–Crippen LogP) is 4.67. The number of rotatable bonds is 7. The van der Waals surface area contributed by atoms with Crippen molar-refractivity contribution in [2.45, 2.75) is 26.6 Å². The molecule has 2 rings (SSSR count). The molecule has 0 radical (unpaired) electrons. The van der Waals surface area contributed by atoms with Gasteiger partial charge in [0.05, 0.1) is 0 Å². The van der Waals surface area contributed by atoms with E-state index in [1.165, 1.54) is 0 Å². The summed E-state index contributed by atoms with van der Waals surface area (Å²) < 4.78 is 11.3. The SMILES string of the molecule is CC/C(=C/OCc1ccccc1)OCc1ccccc1. The van der Waals surface area contributed by atoms with E-state index in [9.17, 15) is 0 Å². The molecule has 0 amide bonds. The molecule has 0 saturated heterocycles. The minimum absolute atomic E-state index is 0.568. The van der Waals surface area contributed by atoms with Gasteiger partial charge >= 0.3 is 0 Å². The molecule has 0 aliphatic carbocycles. The van der Waals surface area contributed by atoms with Gasteiger partial charge in [-0.3, -0.25) is 0 Å². The molecule has 2 aromatic rings. The van der Waals surface area contributed by atoms with Crippen LogP contribution in [0.25, 0.3) is 0 Å². The van der Waals surface area contributed by atoms with Gasteiger partial charge in [-0.05, 0) is 11.1 Å². The minimum atomic E-state index is 0.568. The van der Waals surface area contributed by atoms with E-state index in [2.05, 4.69) is 19.1 Å². The molecule has 0 aliphatic heterocycles. The average Bonchev–Trinajstić information content (AvgIpc) is 2.52. The van der Waals surface area contributed by atoms with Gasteiger partial charge in [0.2, 0.25) is 0 Å². The summed E-state index contributed by atoms with van der Waals surface area (Å²) >= 11 is 0. The molecule has 0 unspecified atom stereocenters. The quantitative estimate of drug-likeness (QED) is 0.679. The van der Waals surface area contributed by atoms with Crippen molar-refractivity contribution < 1.29 is 9.47 Å². The molecule has 0 fully saturated rings. The lowest BCUT2D eigenvalue weighted by Gasteiger charge is -2.09. The first-order valence-electron chi connectivity index (χ1n) is 6.89. The van der Waals surface area contributed by atoms with E-state index in [-0.39, 0.29) is 0 Å². The van der Waals surface area contributed by atoms with Crippen molar-refractivity contribution in [2.75, 3.05) is 0 Å². The Morgan fingerprint density at radius 1 is 0.850 bits per heavy atom. The normalized spacial score (nSPS) is 11.2. The maximum absolute atomic E-state index is 5.75. The van der Waals surface area contributed by atoms with Crippen molar-refractivity contribution in [3.05, 3.63) is 83.8 Å². The molecule has 2 aromatic carbocycles. The fraction of sp³-hybridized carbons (Fsp3) is 0.222. The van der Waals surface area contributed by atoms with E-state index < -0.39 is 0 Å². The van der Waals surface area contributed by atoms with Gasteiger partial charge in [-0.25, -0.2) is 0 Å². The molecule has 2 nitrogen and oxygen atoms in total. The third-order valence-electron chi connectivity index (χ3n) is 2.92.